The number of fused-ring (bicyclic) bond motifs is 3. The van der Waals surface area contributed by atoms with E-state index in [0.717, 1.165) is 29.9 Å². The first-order chi connectivity index (χ1) is 12.8. The maximum absolute atomic E-state index is 12.8. The van der Waals surface area contributed by atoms with E-state index in [1.807, 2.05) is 35.2 Å². The smallest absolute Gasteiger partial charge is 0.254 e. The fraction of sp³-hybridized carbons (Fsp3) is 0.174. The highest BCUT2D eigenvalue weighted by Gasteiger charge is 2.29. The Bertz CT molecular complexity index is 1040. The summed E-state index contributed by atoms with van der Waals surface area (Å²) in [5.41, 5.74) is 3.21. The van der Waals surface area contributed by atoms with Gasteiger partial charge in [0.15, 0.2) is 0 Å². The fourth-order valence-electron chi connectivity index (χ4n) is 3.97. The van der Waals surface area contributed by atoms with Crippen LogP contribution in [0.3, 0.4) is 0 Å². The van der Waals surface area contributed by atoms with Crippen molar-refractivity contribution in [2.75, 3.05) is 13.1 Å². The average molecular weight is 341 g/mol. The quantitative estimate of drug-likeness (QED) is 0.649. The minimum Gasteiger partial charge on any atom is -0.461 e. The van der Waals surface area contributed by atoms with Gasteiger partial charge in [-0.05, 0) is 34.5 Å². The predicted octanol–water partition coefficient (Wildman–Crippen LogP) is 4.57. The lowest BCUT2D eigenvalue weighted by atomic mass is 9.92. The SMILES string of the molecule is O=C(c1ccccc1)N1CCC2=C(Cc3c(ccc4ccccc34)O2)C1. The molecule has 3 aromatic carbocycles. The average Bonchev–Trinajstić information content (AvgIpc) is 2.72. The molecular formula is C23H19NO2. The van der Waals surface area contributed by atoms with Crippen molar-refractivity contribution >= 4 is 16.7 Å². The fourth-order valence-corrected chi connectivity index (χ4v) is 3.97. The Hall–Kier alpha value is -3.07. The number of ether oxygens (including phenoxy) is 1. The van der Waals surface area contributed by atoms with Gasteiger partial charge in [-0.2, -0.15) is 0 Å². The number of carbonyl (C=O) groups is 1. The summed E-state index contributed by atoms with van der Waals surface area (Å²) in [6, 6.07) is 22.1. The summed E-state index contributed by atoms with van der Waals surface area (Å²) >= 11 is 0. The van der Waals surface area contributed by atoms with Crippen LogP contribution in [0.25, 0.3) is 10.8 Å². The first-order valence-corrected chi connectivity index (χ1v) is 9.03. The summed E-state index contributed by atoms with van der Waals surface area (Å²) in [6.45, 7) is 1.35. The van der Waals surface area contributed by atoms with Crippen LogP contribution in [0.15, 0.2) is 78.1 Å². The molecule has 3 heteroatoms. The van der Waals surface area contributed by atoms with Crippen LogP contribution >= 0.6 is 0 Å². The molecule has 0 bridgehead atoms. The highest BCUT2D eigenvalue weighted by atomic mass is 16.5. The lowest BCUT2D eigenvalue weighted by Gasteiger charge is -2.34. The zero-order valence-corrected chi connectivity index (χ0v) is 14.4. The van der Waals surface area contributed by atoms with Crippen LogP contribution < -0.4 is 4.74 Å². The van der Waals surface area contributed by atoms with Crippen LogP contribution in [-0.2, 0) is 6.42 Å². The topological polar surface area (TPSA) is 29.5 Å². The van der Waals surface area contributed by atoms with Crippen molar-refractivity contribution in [2.24, 2.45) is 0 Å². The van der Waals surface area contributed by atoms with E-state index in [0.29, 0.717) is 13.1 Å². The molecule has 0 saturated heterocycles. The molecule has 2 heterocycles. The molecule has 2 aliphatic heterocycles. The third kappa shape index (κ3) is 2.48. The van der Waals surface area contributed by atoms with Crippen LogP contribution in [0.2, 0.25) is 0 Å². The van der Waals surface area contributed by atoms with Crippen LogP contribution in [0, 0.1) is 0 Å². The van der Waals surface area contributed by atoms with Crippen molar-refractivity contribution in [3.8, 4) is 5.75 Å². The van der Waals surface area contributed by atoms with Crippen molar-refractivity contribution in [1.82, 2.24) is 4.90 Å². The molecule has 26 heavy (non-hydrogen) atoms. The zero-order valence-electron chi connectivity index (χ0n) is 14.4. The molecule has 0 fully saturated rings. The molecule has 2 aliphatic rings. The van der Waals surface area contributed by atoms with Gasteiger partial charge in [-0.1, -0.05) is 48.5 Å². The first kappa shape index (κ1) is 15.2. The van der Waals surface area contributed by atoms with Gasteiger partial charge in [-0.15, -0.1) is 0 Å². The number of carbonyl (C=O) groups excluding carboxylic acids is 1. The molecule has 0 radical (unpaired) electrons. The number of nitrogens with zero attached hydrogens (tertiary/aromatic N) is 1. The highest BCUT2D eigenvalue weighted by Crippen LogP contribution is 2.38. The molecule has 1 amide bonds. The predicted molar refractivity (Wildman–Crippen MR) is 102 cm³/mol. The molecule has 3 nitrogen and oxygen atoms in total. The Morgan fingerprint density at radius 3 is 2.62 bits per heavy atom. The second-order valence-electron chi connectivity index (χ2n) is 6.91. The molecule has 3 aromatic rings. The molecule has 5 rings (SSSR count). The van der Waals surface area contributed by atoms with Gasteiger partial charge in [0.1, 0.15) is 11.5 Å². The van der Waals surface area contributed by atoms with E-state index in [1.54, 1.807) is 0 Å². The maximum atomic E-state index is 12.8. The number of hydrogen-bond donors (Lipinski definition) is 0. The van der Waals surface area contributed by atoms with Gasteiger partial charge in [0.25, 0.3) is 5.91 Å². The Morgan fingerprint density at radius 1 is 0.923 bits per heavy atom. The molecule has 0 atom stereocenters. The van der Waals surface area contributed by atoms with Gasteiger partial charge in [-0.3, -0.25) is 4.79 Å². The molecule has 0 saturated carbocycles. The Balaban J connectivity index is 1.45. The lowest BCUT2D eigenvalue weighted by Crippen LogP contribution is -2.39. The second-order valence-corrected chi connectivity index (χ2v) is 6.91. The summed E-state index contributed by atoms with van der Waals surface area (Å²) in [7, 11) is 0. The summed E-state index contributed by atoms with van der Waals surface area (Å²) in [5, 5.41) is 2.47. The van der Waals surface area contributed by atoms with Crippen molar-refractivity contribution in [1.29, 1.82) is 0 Å². The maximum Gasteiger partial charge on any atom is 0.254 e. The van der Waals surface area contributed by atoms with E-state index in [1.165, 1.54) is 21.9 Å². The standard InChI is InChI=1S/C23H19NO2/c25-23(17-7-2-1-3-8-17)24-13-12-21-18(15-24)14-20-19-9-5-4-6-16(19)10-11-22(20)26-21/h1-11H,12-15H2. The van der Waals surface area contributed by atoms with Gasteiger partial charge in [-0.25, -0.2) is 0 Å². The molecule has 128 valence electrons. The van der Waals surface area contributed by atoms with E-state index in [4.69, 9.17) is 4.74 Å². The largest absolute Gasteiger partial charge is 0.461 e. The Morgan fingerprint density at radius 2 is 1.73 bits per heavy atom. The van der Waals surface area contributed by atoms with Gasteiger partial charge in [0.05, 0.1) is 0 Å². The summed E-state index contributed by atoms with van der Waals surface area (Å²) in [5.74, 6) is 2.11. The van der Waals surface area contributed by atoms with E-state index in [9.17, 15) is 4.79 Å². The zero-order chi connectivity index (χ0) is 17.5. The molecule has 0 aliphatic carbocycles. The number of hydrogen-bond acceptors (Lipinski definition) is 2. The first-order valence-electron chi connectivity index (χ1n) is 9.03. The van der Waals surface area contributed by atoms with Gasteiger partial charge in [0.2, 0.25) is 0 Å². The Labute approximate surface area is 152 Å². The minimum atomic E-state index is 0.0980. The molecule has 0 unspecified atom stereocenters. The van der Waals surface area contributed by atoms with Crippen LogP contribution in [0.4, 0.5) is 0 Å². The van der Waals surface area contributed by atoms with Gasteiger partial charge >= 0.3 is 0 Å². The third-order valence-corrected chi connectivity index (χ3v) is 5.31. The van der Waals surface area contributed by atoms with E-state index >= 15 is 0 Å². The second kappa shape index (κ2) is 6.03. The molecule has 0 aromatic heterocycles. The van der Waals surface area contributed by atoms with E-state index < -0.39 is 0 Å². The monoisotopic (exact) mass is 341 g/mol. The van der Waals surface area contributed by atoms with Gasteiger partial charge in [0, 0.05) is 37.1 Å². The molecular weight excluding hydrogens is 322 g/mol. The van der Waals surface area contributed by atoms with Crippen LogP contribution in [0.5, 0.6) is 5.75 Å². The Kier molecular flexibility index (Phi) is 3.52. The minimum absolute atomic E-state index is 0.0980. The van der Waals surface area contributed by atoms with Crippen molar-refractivity contribution in [3.63, 3.8) is 0 Å². The normalized spacial score (nSPS) is 16.1. The van der Waals surface area contributed by atoms with Crippen LogP contribution in [0.1, 0.15) is 22.3 Å². The number of amides is 1. The summed E-state index contributed by atoms with van der Waals surface area (Å²) in [6.07, 6.45) is 1.63. The number of rotatable bonds is 1. The third-order valence-electron chi connectivity index (χ3n) is 5.31. The van der Waals surface area contributed by atoms with Crippen molar-refractivity contribution in [2.45, 2.75) is 12.8 Å². The molecule has 0 spiro atoms. The van der Waals surface area contributed by atoms with E-state index in [2.05, 4.69) is 36.4 Å². The highest BCUT2D eigenvalue weighted by molar-refractivity contribution is 5.94. The number of benzene rings is 3. The summed E-state index contributed by atoms with van der Waals surface area (Å²) in [4.78, 5) is 14.7. The van der Waals surface area contributed by atoms with Crippen molar-refractivity contribution < 1.29 is 9.53 Å². The summed E-state index contributed by atoms with van der Waals surface area (Å²) < 4.78 is 6.22. The van der Waals surface area contributed by atoms with Crippen LogP contribution in [-0.4, -0.2) is 23.9 Å². The van der Waals surface area contributed by atoms with Gasteiger partial charge < -0.3 is 9.64 Å². The van der Waals surface area contributed by atoms with E-state index in [-0.39, 0.29) is 5.91 Å². The molecule has 0 N–H and O–H groups in total. The van der Waals surface area contributed by atoms with Crippen molar-refractivity contribution in [3.05, 3.63) is 89.2 Å². The lowest BCUT2D eigenvalue weighted by molar-refractivity contribution is 0.0751.